The van der Waals surface area contributed by atoms with Crippen LogP contribution in [-0.4, -0.2) is 71.9 Å². The predicted octanol–water partition coefficient (Wildman–Crippen LogP) is 0.522. The van der Waals surface area contributed by atoms with Gasteiger partial charge < -0.3 is 44.5 Å². The number of benzene rings is 2. The van der Waals surface area contributed by atoms with Crippen molar-refractivity contribution in [1.29, 1.82) is 0 Å². The number of halogens is 2. The van der Waals surface area contributed by atoms with Crippen LogP contribution in [0.2, 0.25) is 0 Å². The maximum absolute atomic E-state index is 7.57. The van der Waals surface area contributed by atoms with Gasteiger partial charge in [-0.05, 0) is 30.6 Å². The molecule has 2 heterocycles. The van der Waals surface area contributed by atoms with Crippen molar-refractivity contribution in [2.45, 2.75) is 98.8 Å². The largest absolute Gasteiger partial charge is 1.00 e. The highest BCUT2D eigenvalue weighted by molar-refractivity contribution is 5.82. The van der Waals surface area contributed by atoms with Crippen molar-refractivity contribution in [2.75, 3.05) is 49.3 Å². The van der Waals surface area contributed by atoms with E-state index >= 15 is 0 Å². The van der Waals surface area contributed by atoms with Gasteiger partial charge >= 0.3 is 0 Å². The SMILES string of the molecule is CC(C)c1cccc(C(C)C)c1N1C=[N+](C[N+]2=CN(c3c(C(C)C)cccc3C(C)C)CCC2)CCC1.CCO.O.[Br-].[Br-]. The Hall–Kier alpha value is -1.74. The van der Waals surface area contributed by atoms with Gasteiger partial charge in [0.05, 0.1) is 26.2 Å². The van der Waals surface area contributed by atoms with E-state index in [0.29, 0.717) is 23.7 Å². The Bertz CT molecular complexity index is 1040. The lowest BCUT2D eigenvalue weighted by Crippen LogP contribution is -3.00. The van der Waals surface area contributed by atoms with Crippen LogP contribution in [0.25, 0.3) is 0 Å². The van der Waals surface area contributed by atoms with Crippen LogP contribution in [0.5, 0.6) is 0 Å². The molecule has 0 unspecified atom stereocenters. The maximum atomic E-state index is 7.57. The van der Waals surface area contributed by atoms with Gasteiger partial charge in [-0.2, -0.15) is 0 Å². The molecule has 3 N–H and O–H groups in total. The normalized spacial score (nSPS) is 14.8. The summed E-state index contributed by atoms with van der Waals surface area (Å²) in [5, 5.41) is 7.57. The van der Waals surface area contributed by atoms with Crippen LogP contribution in [0, 0.1) is 0 Å². The summed E-state index contributed by atoms with van der Waals surface area (Å²) in [4.78, 5) is 5.08. The van der Waals surface area contributed by atoms with Crippen molar-refractivity contribution in [1.82, 2.24) is 0 Å². The van der Waals surface area contributed by atoms with Crippen molar-refractivity contribution < 1.29 is 53.7 Å². The summed E-state index contributed by atoms with van der Waals surface area (Å²) in [5.74, 6) is 2.05. The zero-order valence-corrected chi connectivity index (χ0v) is 31.2. The molecular weight excluding hydrogens is 668 g/mol. The fourth-order valence-electron chi connectivity index (χ4n) is 5.99. The number of hydrogen-bond donors (Lipinski definition) is 1. The zero-order valence-electron chi connectivity index (χ0n) is 28.1. The fraction of sp³-hybridized carbons (Fsp3) is 0.600. The summed E-state index contributed by atoms with van der Waals surface area (Å²) in [6.45, 7) is 25.9. The Kier molecular flexibility index (Phi) is 18.8. The third-order valence-electron chi connectivity index (χ3n) is 7.92. The molecule has 0 saturated heterocycles. The molecule has 4 rings (SSSR count). The second-order valence-electron chi connectivity index (χ2n) is 12.6. The minimum absolute atomic E-state index is 0. The molecule has 0 aliphatic carbocycles. The number of rotatable bonds is 8. The second kappa shape index (κ2) is 19.6. The highest BCUT2D eigenvalue weighted by Crippen LogP contribution is 2.36. The molecule has 0 atom stereocenters. The quantitative estimate of drug-likeness (QED) is 0.404. The molecular formula is C35H58Br2N4O2. The van der Waals surface area contributed by atoms with Crippen molar-refractivity contribution in [3.8, 4) is 0 Å². The van der Waals surface area contributed by atoms with Crippen molar-refractivity contribution in [3.05, 3.63) is 58.7 Å². The summed E-state index contributed by atoms with van der Waals surface area (Å²) < 4.78 is 5.06. The second-order valence-corrected chi connectivity index (χ2v) is 12.6. The van der Waals surface area contributed by atoms with Gasteiger partial charge in [0.2, 0.25) is 19.3 Å². The van der Waals surface area contributed by atoms with Gasteiger partial charge in [0.25, 0.3) is 0 Å². The van der Waals surface area contributed by atoms with E-state index in [1.165, 1.54) is 46.5 Å². The highest BCUT2D eigenvalue weighted by Gasteiger charge is 2.29. The molecule has 0 aromatic heterocycles. The molecule has 2 aromatic carbocycles. The molecule has 0 spiro atoms. The molecule has 0 amide bonds. The first-order valence-corrected chi connectivity index (χ1v) is 15.7. The van der Waals surface area contributed by atoms with Crippen molar-refractivity contribution in [3.63, 3.8) is 0 Å². The topological polar surface area (TPSA) is 64.2 Å². The molecule has 2 aliphatic rings. The Morgan fingerprint density at radius 2 is 0.907 bits per heavy atom. The maximum Gasteiger partial charge on any atom is 0.242 e. The van der Waals surface area contributed by atoms with E-state index in [-0.39, 0.29) is 46.0 Å². The van der Waals surface area contributed by atoms with Gasteiger partial charge in [-0.3, -0.25) is 0 Å². The van der Waals surface area contributed by atoms with Gasteiger partial charge in [-0.15, -0.1) is 0 Å². The van der Waals surface area contributed by atoms with Crippen LogP contribution in [0.1, 0.15) is 121 Å². The Morgan fingerprint density at radius 3 is 1.16 bits per heavy atom. The molecule has 2 aromatic rings. The molecule has 0 saturated carbocycles. The Morgan fingerprint density at radius 1 is 0.628 bits per heavy atom. The lowest BCUT2D eigenvalue weighted by molar-refractivity contribution is -0.727. The molecule has 244 valence electrons. The molecule has 43 heavy (non-hydrogen) atoms. The Labute approximate surface area is 283 Å². The van der Waals surface area contributed by atoms with Gasteiger partial charge in [0.15, 0.2) is 0 Å². The van der Waals surface area contributed by atoms with E-state index in [4.69, 9.17) is 5.11 Å². The van der Waals surface area contributed by atoms with Gasteiger partial charge in [0.1, 0.15) is 11.4 Å². The smallest absolute Gasteiger partial charge is 0.242 e. The van der Waals surface area contributed by atoms with Crippen LogP contribution >= 0.6 is 0 Å². The molecule has 2 aliphatic heterocycles. The van der Waals surface area contributed by atoms with Crippen LogP contribution in [0.15, 0.2) is 36.4 Å². The van der Waals surface area contributed by atoms with Crippen LogP contribution < -0.4 is 43.8 Å². The van der Waals surface area contributed by atoms with Crippen molar-refractivity contribution >= 4 is 24.1 Å². The summed E-state index contributed by atoms with van der Waals surface area (Å²) in [5.41, 5.74) is 8.74. The fourth-order valence-corrected chi connectivity index (χ4v) is 5.99. The number of aliphatic hydroxyl groups excluding tert-OH is 1. The van der Waals surface area contributed by atoms with E-state index in [1.54, 1.807) is 6.92 Å². The summed E-state index contributed by atoms with van der Waals surface area (Å²) >= 11 is 0. The predicted molar refractivity (Wildman–Crippen MR) is 177 cm³/mol. The van der Waals surface area contributed by atoms with Crippen LogP contribution in [0.4, 0.5) is 11.4 Å². The van der Waals surface area contributed by atoms with E-state index in [2.05, 4.69) is 123 Å². The molecule has 0 bridgehead atoms. The summed E-state index contributed by atoms with van der Waals surface area (Å²) in [7, 11) is 0. The van der Waals surface area contributed by atoms with E-state index in [0.717, 1.165) is 32.8 Å². The number of nitrogens with zero attached hydrogens (tertiary/aromatic N) is 4. The first-order chi connectivity index (χ1) is 19.1. The third kappa shape index (κ3) is 10.7. The number of aliphatic hydroxyl groups is 1. The van der Waals surface area contributed by atoms with E-state index in [9.17, 15) is 0 Å². The molecule has 0 fully saturated rings. The summed E-state index contributed by atoms with van der Waals surface area (Å²) in [6.07, 6.45) is 7.19. The number of hydrogen-bond acceptors (Lipinski definition) is 3. The number of anilines is 2. The molecule has 8 heteroatoms. The Balaban J connectivity index is 0.00000282. The van der Waals surface area contributed by atoms with E-state index < -0.39 is 0 Å². The minimum atomic E-state index is 0. The van der Waals surface area contributed by atoms with Gasteiger partial charge in [-0.1, -0.05) is 91.8 Å². The van der Waals surface area contributed by atoms with Crippen molar-refractivity contribution in [2.24, 2.45) is 0 Å². The summed E-state index contributed by atoms with van der Waals surface area (Å²) in [6, 6.07) is 13.8. The van der Waals surface area contributed by atoms with Crippen LogP contribution in [0.3, 0.4) is 0 Å². The third-order valence-corrected chi connectivity index (χ3v) is 7.92. The monoisotopic (exact) mass is 724 g/mol. The lowest BCUT2D eigenvalue weighted by atomic mass is 9.92. The average molecular weight is 727 g/mol. The lowest BCUT2D eigenvalue weighted by Gasteiger charge is -2.28. The van der Waals surface area contributed by atoms with E-state index in [1.807, 2.05) is 0 Å². The first-order valence-electron chi connectivity index (χ1n) is 15.7. The highest BCUT2D eigenvalue weighted by atomic mass is 79.9. The zero-order chi connectivity index (χ0) is 29.4. The number of para-hydroxylation sites is 2. The first kappa shape index (κ1) is 41.3. The average Bonchev–Trinajstić information content (AvgIpc) is 2.92. The molecule has 0 radical (unpaired) electrons. The van der Waals surface area contributed by atoms with Crippen LogP contribution in [-0.2, 0) is 0 Å². The van der Waals surface area contributed by atoms with Gasteiger partial charge in [0, 0.05) is 41.7 Å². The van der Waals surface area contributed by atoms with Gasteiger partial charge in [-0.25, -0.2) is 19.0 Å². The minimum Gasteiger partial charge on any atom is -1.00 e. The standard InChI is InChI=1S/C33H50N4.C2H6O.2BrH.H2O/c1-24(2)28-13-9-14-29(25(3)4)32(28)36-19-11-17-34(22-36)21-35-18-12-20-37(23-35)33-30(26(5)6)15-10-16-31(33)27(7)8;1-2-3;;;/h9-10,13-16,22-27H,11-12,17-21H2,1-8H3;3H,2H2,1H3;2*1H;1H2/q+2;;;;/p-2. The molecule has 6 nitrogen and oxygen atoms in total.